The molecule has 6 nitrogen and oxygen atoms in total. The Hall–Kier alpha value is -19.3. The van der Waals surface area contributed by atoms with Gasteiger partial charge < -0.3 is 13.3 Å². The van der Waals surface area contributed by atoms with Gasteiger partial charge in [0.1, 0.15) is 16.6 Å². The van der Waals surface area contributed by atoms with Crippen molar-refractivity contribution in [2.45, 2.75) is 0 Å². The van der Waals surface area contributed by atoms with Crippen LogP contribution in [0.15, 0.2) is 529 Å². The van der Waals surface area contributed by atoms with Gasteiger partial charge in [-0.1, -0.05) is 437 Å². The molecule has 145 heavy (non-hydrogen) atoms. The highest BCUT2D eigenvalue weighted by Gasteiger charge is 2.28. The van der Waals surface area contributed by atoms with Crippen molar-refractivity contribution < 1.29 is 13.3 Å². The monoisotopic (exact) mass is 1840 g/mol. The second kappa shape index (κ2) is 35.0. The van der Waals surface area contributed by atoms with Crippen molar-refractivity contribution in [1.82, 2.24) is 15.0 Å². The van der Waals surface area contributed by atoms with Gasteiger partial charge in [-0.3, -0.25) is 0 Å². The van der Waals surface area contributed by atoms with E-state index in [2.05, 4.69) is 425 Å². The Morgan fingerprint density at radius 2 is 0.331 bits per heavy atom. The highest BCUT2D eigenvalue weighted by molar-refractivity contribution is 6.33. The van der Waals surface area contributed by atoms with Crippen molar-refractivity contribution >= 4 is 173 Å². The van der Waals surface area contributed by atoms with Crippen LogP contribution in [0.3, 0.4) is 0 Å². The number of benzene rings is 27. The van der Waals surface area contributed by atoms with Crippen LogP contribution in [-0.4, -0.2) is 15.0 Å². The van der Waals surface area contributed by atoms with Crippen LogP contribution in [0.1, 0.15) is 0 Å². The molecular formula is C139H85N3O3. The minimum absolute atomic E-state index is 0.634. The Kier molecular flexibility index (Phi) is 20.2. The predicted octanol–water partition coefficient (Wildman–Crippen LogP) is 38.8. The average Bonchev–Trinajstić information content (AvgIpc) is 1.63. The van der Waals surface area contributed by atoms with E-state index in [4.69, 9.17) is 28.2 Å². The fourth-order valence-electron chi connectivity index (χ4n) is 22.9. The van der Waals surface area contributed by atoms with Crippen molar-refractivity contribution in [2.75, 3.05) is 0 Å². The normalized spacial score (nSPS) is 11.7. The maximum absolute atomic E-state index is 6.67. The summed E-state index contributed by atoms with van der Waals surface area (Å²) in [5.41, 5.74) is 27.5. The second-order valence-electron chi connectivity index (χ2n) is 37.6. The molecule has 3 aromatic heterocycles. The first kappa shape index (κ1) is 83.9. The molecular weight excluding hydrogens is 1760 g/mol. The maximum Gasteiger partial charge on any atom is 0.227 e. The van der Waals surface area contributed by atoms with Crippen LogP contribution in [0.25, 0.3) is 297 Å². The van der Waals surface area contributed by atoms with E-state index in [1.54, 1.807) is 0 Å². The largest absolute Gasteiger partial charge is 0.435 e. The number of fused-ring (bicyclic) bond motifs is 22. The third-order valence-corrected chi connectivity index (χ3v) is 29.4. The Morgan fingerprint density at radius 3 is 0.628 bits per heavy atom. The smallest absolute Gasteiger partial charge is 0.227 e. The number of rotatable bonds is 11. The summed E-state index contributed by atoms with van der Waals surface area (Å²) >= 11 is 0. The van der Waals surface area contributed by atoms with Gasteiger partial charge in [0.15, 0.2) is 16.7 Å². The molecule has 0 aliphatic rings. The van der Waals surface area contributed by atoms with Gasteiger partial charge in [-0.15, -0.1) is 0 Å². The summed E-state index contributed by atoms with van der Waals surface area (Å²) < 4.78 is 19.9. The second-order valence-corrected chi connectivity index (χ2v) is 37.6. The van der Waals surface area contributed by atoms with Gasteiger partial charge in [0, 0.05) is 32.8 Å². The van der Waals surface area contributed by atoms with E-state index in [1.807, 2.05) is 91.0 Å². The summed E-state index contributed by atoms with van der Waals surface area (Å²) in [5, 5.41) is 31.0. The van der Waals surface area contributed by atoms with Crippen LogP contribution >= 0.6 is 0 Å². The summed E-state index contributed by atoms with van der Waals surface area (Å²) in [7, 11) is 0. The zero-order valence-corrected chi connectivity index (χ0v) is 78.6. The van der Waals surface area contributed by atoms with Crippen molar-refractivity contribution in [1.29, 1.82) is 0 Å². The molecule has 0 bridgehead atoms. The molecule has 0 N–H and O–H groups in total. The van der Waals surface area contributed by atoms with Gasteiger partial charge in [0.25, 0.3) is 0 Å². The van der Waals surface area contributed by atoms with Crippen LogP contribution in [0.5, 0.6) is 0 Å². The van der Waals surface area contributed by atoms with E-state index in [0.717, 1.165) is 98.5 Å². The van der Waals surface area contributed by atoms with Crippen LogP contribution in [-0.2, 0) is 0 Å². The fraction of sp³-hybridized carbons (Fsp3) is 0. The Morgan fingerprint density at radius 1 is 0.124 bits per heavy atom. The molecule has 0 unspecified atom stereocenters. The van der Waals surface area contributed by atoms with Crippen LogP contribution in [0.4, 0.5) is 0 Å². The molecule has 0 spiro atoms. The van der Waals surface area contributed by atoms with Crippen LogP contribution in [0, 0.1) is 0 Å². The first-order valence-electron chi connectivity index (χ1n) is 49.5. The van der Waals surface area contributed by atoms with Crippen molar-refractivity contribution in [3.05, 3.63) is 516 Å². The number of hydrogen-bond acceptors (Lipinski definition) is 6. The summed E-state index contributed by atoms with van der Waals surface area (Å²) in [4.78, 5) is 14.8. The van der Waals surface area contributed by atoms with Gasteiger partial charge in [-0.25, -0.2) is 15.0 Å². The predicted molar refractivity (Wildman–Crippen MR) is 609 cm³/mol. The number of aromatic nitrogens is 3. The van der Waals surface area contributed by atoms with E-state index in [-0.39, 0.29) is 0 Å². The van der Waals surface area contributed by atoms with Gasteiger partial charge in [0.2, 0.25) is 17.7 Å². The van der Waals surface area contributed by atoms with E-state index in [0.29, 0.717) is 17.7 Å². The molecule has 0 aliphatic heterocycles. The molecule has 0 amide bonds. The molecule has 674 valence electrons. The summed E-state index contributed by atoms with van der Waals surface area (Å²) in [6, 6.07) is 184. The summed E-state index contributed by atoms with van der Waals surface area (Å²) in [6.45, 7) is 0. The first-order valence-corrected chi connectivity index (χ1v) is 49.5. The van der Waals surface area contributed by atoms with Gasteiger partial charge in [-0.2, -0.15) is 0 Å². The molecule has 0 radical (unpaired) electrons. The molecule has 30 rings (SSSR count). The molecule has 27 aromatic carbocycles. The minimum atomic E-state index is 0.634. The van der Waals surface area contributed by atoms with E-state index in [1.165, 1.54) is 181 Å². The zero-order chi connectivity index (χ0) is 95.5. The zero-order valence-electron chi connectivity index (χ0n) is 78.6. The SMILES string of the molecule is c1ccc(-c2ccc(-c3c4ccccc4c(-c4cc5ccccc5c5c4ccc4nc(-c6ccccc6)oc45)c4ccccc34)cc2)cc1.c1ccc(-c2nc3ccc4c(-c5c6ccccc6c(-c6ccc(-c7ccc8ccccc8c7)cc6)c6ccccc56)cc5ccccc5c4c3o2)cc1.c1ccc(-c2nc3ccc4c(-c5c6ccccc6c(-c6ccccc6)c6ccccc56)cc5ccccc5c4c3o2)cc1. The fourth-order valence-corrected chi connectivity index (χ4v) is 22.9. The van der Waals surface area contributed by atoms with Crippen LogP contribution in [0.2, 0.25) is 0 Å². The number of oxazole rings is 3. The lowest BCUT2D eigenvalue weighted by atomic mass is 9.83. The molecule has 30 aromatic rings. The van der Waals surface area contributed by atoms with Crippen LogP contribution < -0.4 is 0 Å². The Bertz CT molecular complexity index is 10300. The van der Waals surface area contributed by atoms with Gasteiger partial charge in [-0.05, 0) is 292 Å². The molecule has 6 heteroatoms. The lowest BCUT2D eigenvalue weighted by molar-refractivity contribution is 0.623. The Balaban J connectivity index is 0.000000106. The molecule has 0 saturated heterocycles. The van der Waals surface area contributed by atoms with E-state index < -0.39 is 0 Å². The molecule has 0 fully saturated rings. The quantitative estimate of drug-likeness (QED) is 0.0948. The lowest BCUT2D eigenvalue weighted by Gasteiger charge is -2.19. The van der Waals surface area contributed by atoms with Gasteiger partial charge in [0.05, 0.1) is 0 Å². The Labute approximate surface area is 834 Å². The number of nitrogens with zero attached hydrogens (tertiary/aromatic N) is 3. The molecule has 0 atom stereocenters. The van der Waals surface area contributed by atoms with E-state index in [9.17, 15) is 0 Å². The molecule has 0 saturated carbocycles. The topological polar surface area (TPSA) is 78.1 Å². The summed E-state index contributed by atoms with van der Waals surface area (Å²) in [6.07, 6.45) is 0. The third kappa shape index (κ3) is 14.3. The van der Waals surface area contributed by atoms with Gasteiger partial charge >= 0.3 is 0 Å². The molecule has 3 heterocycles. The lowest BCUT2D eigenvalue weighted by Crippen LogP contribution is -1.92. The van der Waals surface area contributed by atoms with Crippen molar-refractivity contribution in [3.63, 3.8) is 0 Å². The average molecular weight is 1850 g/mol. The summed E-state index contributed by atoms with van der Waals surface area (Å²) in [5.74, 6) is 1.91. The van der Waals surface area contributed by atoms with E-state index >= 15 is 0 Å². The van der Waals surface area contributed by atoms with Crippen molar-refractivity contribution in [3.8, 4) is 123 Å². The maximum atomic E-state index is 6.67. The minimum Gasteiger partial charge on any atom is -0.435 e. The number of hydrogen-bond donors (Lipinski definition) is 0. The highest BCUT2D eigenvalue weighted by Crippen LogP contribution is 2.54. The van der Waals surface area contributed by atoms with Crippen molar-refractivity contribution in [2.24, 2.45) is 0 Å². The third-order valence-electron chi connectivity index (χ3n) is 29.4. The standard InChI is InChI=1S/C51H31NO.C47H29NO.C41H25NO/c1-2-13-35(14-3-1)51-52-46-29-28-44-45(31-38-16-6-7-17-39(38)49(44)50(46)53-51)48-42-20-10-8-18-40(42)47(41-19-9-11-21-43(41)48)34-25-22-33(23-26-34)37-27-24-32-12-4-5-15-36(32)30-37;1-3-13-30(14-4-1)31-23-25-32(26-24-31)43-36-19-9-11-21-38(36)44(39-22-12-10-20-37(39)43)41-29-34-17-7-8-18-35(34)45-40(41)27-28-42-46(45)49-47(48-42)33-15-5-2-6-16-33;1-3-13-26(14-4-1)37-30-19-9-11-21-32(30)38(33-22-12-10-20-31(33)37)35-25-28-17-7-8-18-29(28)39-34(35)23-24-36-40(39)43-41(42-36)27-15-5-2-6-16-27/h1-31H;1-29H;1-25H. The molecule has 0 aliphatic carbocycles. The first-order chi connectivity index (χ1) is 71.9. The highest BCUT2D eigenvalue weighted by atomic mass is 16.4.